The molecule has 1 aliphatic rings. The van der Waals surface area contributed by atoms with Gasteiger partial charge in [-0.1, -0.05) is 38.0 Å². The Morgan fingerprint density at radius 1 is 1.16 bits per heavy atom. The van der Waals surface area contributed by atoms with E-state index in [4.69, 9.17) is 0 Å². The highest BCUT2D eigenvalue weighted by Gasteiger charge is 2.52. The third kappa shape index (κ3) is 6.10. The van der Waals surface area contributed by atoms with Crippen LogP contribution in [0.25, 0.3) is 0 Å². The van der Waals surface area contributed by atoms with E-state index in [0.717, 1.165) is 24.8 Å². The lowest BCUT2D eigenvalue weighted by molar-refractivity contribution is -0.131. The van der Waals surface area contributed by atoms with Crippen LogP contribution in [0.1, 0.15) is 77.8 Å². The van der Waals surface area contributed by atoms with Gasteiger partial charge in [0.15, 0.2) is 5.78 Å². The van der Waals surface area contributed by atoms with Crippen molar-refractivity contribution in [3.05, 3.63) is 47.1 Å². The summed E-state index contributed by atoms with van der Waals surface area (Å²) in [6.45, 7) is 10.8. The normalized spacial score (nSPS) is 24.3. The number of phenols is 2. The van der Waals surface area contributed by atoms with Gasteiger partial charge in [0.25, 0.3) is 0 Å². The van der Waals surface area contributed by atoms with Crippen molar-refractivity contribution >= 4 is 11.6 Å². The maximum absolute atomic E-state index is 13.0. The van der Waals surface area contributed by atoms with Crippen LogP contribution >= 0.6 is 0 Å². The minimum atomic E-state index is -1.05. The molecule has 0 aliphatic heterocycles. The average Bonchev–Trinajstić information content (AvgIpc) is 2.95. The summed E-state index contributed by atoms with van der Waals surface area (Å²) in [5.74, 6) is 0.318. The second-order valence-corrected chi connectivity index (χ2v) is 10.5. The van der Waals surface area contributed by atoms with Crippen molar-refractivity contribution in [2.75, 3.05) is 0 Å². The molecule has 0 radical (unpaired) electrons. The van der Waals surface area contributed by atoms with Crippen molar-refractivity contribution in [2.45, 2.75) is 85.7 Å². The van der Waals surface area contributed by atoms with Gasteiger partial charge in [0.1, 0.15) is 17.3 Å². The quantitative estimate of drug-likeness (QED) is 0.273. The number of aliphatic hydroxyl groups is 1. The maximum atomic E-state index is 13.0. The number of rotatable bonds is 9. The van der Waals surface area contributed by atoms with Crippen molar-refractivity contribution in [3.8, 4) is 11.5 Å². The number of allylic oxidation sites excluding steroid dienone is 3. The summed E-state index contributed by atoms with van der Waals surface area (Å²) >= 11 is 0. The summed E-state index contributed by atoms with van der Waals surface area (Å²) in [6.07, 6.45) is 8.38. The highest BCUT2D eigenvalue weighted by atomic mass is 16.3. The number of phenolic OH excluding ortho intramolecular Hbond substituents is 2. The van der Waals surface area contributed by atoms with Crippen LogP contribution in [0.4, 0.5) is 0 Å². The zero-order valence-electron chi connectivity index (χ0n) is 20.3. The first-order valence-electron chi connectivity index (χ1n) is 11.3. The molecule has 0 bridgehead atoms. The molecule has 0 spiro atoms. The van der Waals surface area contributed by atoms with Crippen molar-refractivity contribution in [1.29, 1.82) is 0 Å². The fourth-order valence-corrected chi connectivity index (χ4v) is 4.73. The summed E-state index contributed by atoms with van der Waals surface area (Å²) in [6, 6.07) is 3.04. The van der Waals surface area contributed by atoms with E-state index >= 15 is 0 Å². The van der Waals surface area contributed by atoms with Gasteiger partial charge in [0, 0.05) is 23.8 Å². The number of aromatic hydroxyl groups is 2. The largest absolute Gasteiger partial charge is 0.508 e. The van der Waals surface area contributed by atoms with E-state index in [1.54, 1.807) is 20.8 Å². The smallest absolute Gasteiger partial charge is 0.161 e. The minimum Gasteiger partial charge on any atom is -0.508 e. The molecule has 0 saturated heterocycles. The lowest BCUT2D eigenvalue weighted by Gasteiger charge is -2.39. The Hall–Kier alpha value is -2.40. The average molecular weight is 443 g/mol. The van der Waals surface area contributed by atoms with Crippen LogP contribution in [0, 0.1) is 17.8 Å². The predicted molar refractivity (Wildman–Crippen MR) is 127 cm³/mol. The Morgan fingerprint density at radius 2 is 1.81 bits per heavy atom. The van der Waals surface area contributed by atoms with Crippen molar-refractivity contribution in [3.63, 3.8) is 0 Å². The van der Waals surface area contributed by atoms with Gasteiger partial charge in [0.2, 0.25) is 0 Å². The summed E-state index contributed by atoms with van der Waals surface area (Å²) in [4.78, 5) is 25.9. The number of hydrogen-bond acceptors (Lipinski definition) is 5. The van der Waals surface area contributed by atoms with E-state index in [9.17, 15) is 24.9 Å². The molecular weight excluding hydrogens is 404 g/mol. The molecule has 0 aromatic heterocycles. The summed E-state index contributed by atoms with van der Waals surface area (Å²) in [5, 5.41) is 29.9. The van der Waals surface area contributed by atoms with Gasteiger partial charge in [-0.15, -0.1) is 0 Å². The van der Waals surface area contributed by atoms with Gasteiger partial charge in [-0.05, 0) is 76.1 Å². The minimum absolute atomic E-state index is 0.0329. The van der Waals surface area contributed by atoms with Crippen molar-refractivity contribution < 1.29 is 24.9 Å². The molecule has 1 saturated carbocycles. The fourth-order valence-electron chi connectivity index (χ4n) is 4.73. The van der Waals surface area contributed by atoms with E-state index in [1.165, 1.54) is 24.3 Å². The van der Waals surface area contributed by atoms with Gasteiger partial charge >= 0.3 is 0 Å². The van der Waals surface area contributed by atoms with Crippen LogP contribution < -0.4 is 0 Å². The molecule has 0 unspecified atom stereocenters. The van der Waals surface area contributed by atoms with Crippen LogP contribution in [-0.2, 0) is 16.0 Å². The molecular formula is C27H38O5. The lowest BCUT2D eigenvalue weighted by atomic mass is 9.63. The second-order valence-electron chi connectivity index (χ2n) is 10.5. The first-order valence-corrected chi connectivity index (χ1v) is 11.3. The van der Waals surface area contributed by atoms with Crippen LogP contribution in [0.5, 0.6) is 11.5 Å². The molecule has 2 atom stereocenters. The van der Waals surface area contributed by atoms with Gasteiger partial charge in [-0.2, -0.15) is 0 Å². The van der Waals surface area contributed by atoms with E-state index < -0.39 is 16.4 Å². The first kappa shape index (κ1) is 25.9. The maximum Gasteiger partial charge on any atom is 0.161 e. The monoisotopic (exact) mass is 442 g/mol. The second kappa shape index (κ2) is 9.62. The van der Waals surface area contributed by atoms with Gasteiger partial charge in [0.05, 0.1) is 5.60 Å². The summed E-state index contributed by atoms with van der Waals surface area (Å²) < 4.78 is 0. The van der Waals surface area contributed by atoms with Crippen molar-refractivity contribution in [1.82, 2.24) is 0 Å². The van der Waals surface area contributed by atoms with Crippen molar-refractivity contribution in [2.24, 2.45) is 10.8 Å². The van der Waals surface area contributed by atoms with Gasteiger partial charge in [-0.25, -0.2) is 0 Å². The Kier molecular flexibility index (Phi) is 7.77. The summed E-state index contributed by atoms with van der Waals surface area (Å²) in [5.41, 5.74) is 0.0137. The molecule has 1 aromatic rings. The topological polar surface area (TPSA) is 94.8 Å². The molecule has 0 heterocycles. The molecule has 1 fully saturated rings. The number of aryl methyl sites for hydroxylation is 1. The third-order valence-corrected chi connectivity index (χ3v) is 7.02. The zero-order chi connectivity index (χ0) is 24.3. The highest BCUT2D eigenvalue weighted by Crippen LogP contribution is 2.55. The molecule has 1 aliphatic carbocycles. The number of hydrogen-bond donors (Lipinski definition) is 3. The predicted octanol–water partition coefficient (Wildman–Crippen LogP) is 5.34. The standard InChI is InChI=1S/C27H38O5/c1-18(8-9-20-16-21(28)15-19(2)24(20)31)14-22(29)17-26(5)11-7-12-27(26,6)23(30)10-13-25(3,4)32/h8,10,13,15-16,28,31-32H,7,9,11-12,14,17H2,1-6H3/b13-10+,18-8-/t26-,27+/m0/s1. The number of ketones is 2. The van der Waals surface area contributed by atoms with Gasteiger partial charge < -0.3 is 15.3 Å². The van der Waals surface area contributed by atoms with E-state index in [0.29, 0.717) is 24.0 Å². The van der Waals surface area contributed by atoms with Crippen LogP contribution in [0.3, 0.4) is 0 Å². The first-order chi connectivity index (χ1) is 14.7. The Balaban J connectivity index is 2.08. The zero-order valence-corrected chi connectivity index (χ0v) is 20.3. The molecule has 5 nitrogen and oxygen atoms in total. The number of carbonyl (C=O) groups is 2. The molecule has 0 amide bonds. The lowest BCUT2D eigenvalue weighted by Crippen LogP contribution is -2.40. The Bertz CT molecular complexity index is 934. The molecule has 176 valence electrons. The van der Waals surface area contributed by atoms with Crippen LogP contribution in [-0.4, -0.2) is 32.5 Å². The number of carbonyl (C=O) groups excluding carboxylic acids is 2. The number of Topliss-reactive ketones (excluding diaryl/α,β-unsaturated/α-hetero) is 1. The molecule has 3 N–H and O–H groups in total. The van der Waals surface area contributed by atoms with Gasteiger partial charge in [-0.3, -0.25) is 9.59 Å². The van der Waals surface area contributed by atoms with E-state index in [1.807, 2.05) is 26.8 Å². The highest BCUT2D eigenvalue weighted by molar-refractivity contribution is 5.96. The summed E-state index contributed by atoms with van der Waals surface area (Å²) in [7, 11) is 0. The third-order valence-electron chi connectivity index (χ3n) is 7.02. The molecule has 5 heteroatoms. The van der Waals surface area contributed by atoms with Crippen LogP contribution in [0.2, 0.25) is 0 Å². The van der Waals surface area contributed by atoms with E-state index in [2.05, 4.69) is 0 Å². The SMILES string of the molecule is C/C(=C/Cc1cc(O)cc(C)c1O)CC(=O)C[C@]1(C)CCC[C@]1(C)C(=O)/C=C/C(C)(C)O. The molecule has 1 aromatic carbocycles. The fraction of sp³-hybridized carbons (Fsp3) is 0.556. The Labute approximate surface area is 191 Å². The molecule has 32 heavy (non-hydrogen) atoms. The molecule has 2 rings (SSSR count). The van der Waals surface area contributed by atoms with Crippen LogP contribution in [0.15, 0.2) is 35.9 Å². The Morgan fingerprint density at radius 3 is 2.44 bits per heavy atom. The van der Waals surface area contributed by atoms with E-state index in [-0.39, 0.29) is 29.5 Å². The number of benzene rings is 1.